The van der Waals surface area contributed by atoms with Crippen molar-refractivity contribution >= 4 is 5.91 Å². The molecule has 1 aromatic heterocycles. The van der Waals surface area contributed by atoms with Gasteiger partial charge in [-0.1, -0.05) is 18.2 Å². The maximum atomic E-state index is 13.5. The van der Waals surface area contributed by atoms with Crippen LogP contribution in [0.1, 0.15) is 36.4 Å². The molecule has 0 unspecified atom stereocenters. The molecule has 0 saturated heterocycles. The number of hydrogen-bond acceptors (Lipinski definition) is 3. The summed E-state index contributed by atoms with van der Waals surface area (Å²) in [6, 6.07) is 8.10. The van der Waals surface area contributed by atoms with Crippen LogP contribution < -0.4 is 10.9 Å². The lowest BCUT2D eigenvalue weighted by Crippen LogP contribution is -2.43. The lowest BCUT2D eigenvalue weighted by atomic mass is 9.78. The minimum Gasteiger partial charge on any atom is -0.353 e. The second-order valence-corrected chi connectivity index (χ2v) is 5.86. The second kappa shape index (κ2) is 6.73. The van der Waals surface area contributed by atoms with Crippen molar-refractivity contribution < 1.29 is 9.18 Å². The maximum absolute atomic E-state index is 13.5. The first-order valence-electron chi connectivity index (χ1n) is 7.69. The van der Waals surface area contributed by atoms with Crippen molar-refractivity contribution in [3.8, 4) is 0 Å². The second-order valence-electron chi connectivity index (χ2n) is 5.86. The van der Waals surface area contributed by atoms with Crippen LogP contribution in [0.5, 0.6) is 0 Å². The molecule has 0 spiro atoms. The van der Waals surface area contributed by atoms with Gasteiger partial charge in [-0.3, -0.25) is 9.59 Å². The first kappa shape index (κ1) is 15.4. The molecule has 5 nitrogen and oxygen atoms in total. The zero-order chi connectivity index (χ0) is 16.2. The zero-order valence-electron chi connectivity index (χ0n) is 12.6. The molecule has 0 radical (unpaired) electrons. The third-order valence-corrected chi connectivity index (χ3v) is 4.20. The molecule has 0 atom stereocenters. The molecule has 120 valence electrons. The van der Waals surface area contributed by atoms with E-state index in [9.17, 15) is 14.0 Å². The molecule has 0 bridgehead atoms. The van der Waals surface area contributed by atoms with Crippen molar-refractivity contribution in [2.75, 3.05) is 0 Å². The number of carbonyl (C=O) groups excluding carboxylic acids is 1. The van der Waals surface area contributed by atoms with Crippen LogP contribution in [0.2, 0.25) is 0 Å². The molecule has 1 aromatic carbocycles. The van der Waals surface area contributed by atoms with Gasteiger partial charge in [0.25, 0.3) is 5.56 Å². The molecule has 3 rings (SSSR count). The highest BCUT2D eigenvalue weighted by Gasteiger charge is 2.32. The van der Waals surface area contributed by atoms with E-state index in [1.54, 1.807) is 18.2 Å². The summed E-state index contributed by atoms with van der Waals surface area (Å²) in [7, 11) is 0. The number of nitrogens with one attached hydrogen (secondary N) is 2. The van der Waals surface area contributed by atoms with Gasteiger partial charge in [-0.05, 0) is 30.9 Å². The number of aromatic amines is 1. The number of rotatable bonds is 5. The van der Waals surface area contributed by atoms with E-state index in [1.165, 1.54) is 18.5 Å². The van der Waals surface area contributed by atoms with Crippen molar-refractivity contribution in [3.63, 3.8) is 0 Å². The van der Waals surface area contributed by atoms with Crippen molar-refractivity contribution in [2.45, 2.75) is 37.6 Å². The van der Waals surface area contributed by atoms with Gasteiger partial charge >= 0.3 is 0 Å². The topological polar surface area (TPSA) is 74.8 Å². The van der Waals surface area contributed by atoms with Crippen molar-refractivity contribution in [1.29, 1.82) is 0 Å². The number of amides is 1. The standard InChI is InChI=1S/C17H18FN3O2/c18-14-4-2-1-3-11(14)5-6-16(22)21-13-7-12(8-13)15-9-17(23)20-10-19-15/h1-4,9-10,12-13H,5-8H2,(H,21,22)(H,19,20,23). The summed E-state index contributed by atoms with van der Waals surface area (Å²) in [5.74, 6) is -0.130. The minimum atomic E-state index is -0.274. The Balaban J connectivity index is 1.44. The summed E-state index contributed by atoms with van der Waals surface area (Å²) >= 11 is 0. The van der Waals surface area contributed by atoms with Crippen LogP contribution in [0.3, 0.4) is 0 Å². The van der Waals surface area contributed by atoms with Crippen LogP contribution in [0, 0.1) is 5.82 Å². The third kappa shape index (κ3) is 3.83. The number of aromatic nitrogens is 2. The van der Waals surface area contributed by atoms with E-state index in [-0.39, 0.29) is 35.7 Å². The highest BCUT2D eigenvalue weighted by Crippen LogP contribution is 2.35. The fraction of sp³-hybridized carbons (Fsp3) is 0.353. The van der Waals surface area contributed by atoms with Crippen LogP contribution >= 0.6 is 0 Å². The van der Waals surface area contributed by atoms with Crippen LogP contribution in [0.4, 0.5) is 4.39 Å². The molecule has 23 heavy (non-hydrogen) atoms. The Morgan fingerprint density at radius 3 is 2.87 bits per heavy atom. The van der Waals surface area contributed by atoms with E-state index >= 15 is 0 Å². The average Bonchev–Trinajstić information content (AvgIpc) is 2.49. The normalized spacial score (nSPS) is 19.9. The Morgan fingerprint density at radius 1 is 1.35 bits per heavy atom. The van der Waals surface area contributed by atoms with Crippen LogP contribution in [0.25, 0.3) is 0 Å². The molecule has 1 fully saturated rings. The highest BCUT2D eigenvalue weighted by atomic mass is 19.1. The van der Waals surface area contributed by atoms with Crippen LogP contribution in [-0.2, 0) is 11.2 Å². The Morgan fingerprint density at radius 2 is 2.13 bits per heavy atom. The van der Waals surface area contributed by atoms with Crippen LogP contribution in [-0.4, -0.2) is 21.9 Å². The van der Waals surface area contributed by atoms with E-state index in [4.69, 9.17) is 0 Å². The van der Waals surface area contributed by atoms with Gasteiger partial charge < -0.3 is 10.3 Å². The Kier molecular flexibility index (Phi) is 4.50. The minimum absolute atomic E-state index is 0.0735. The lowest BCUT2D eigenvalue weighted by Gasteiger charge is -2.35. The van der Waals surface area contributed by atoms with Gasteiger partial charge in [0, 0.05) is 24.4 Å². The highest BCUT2D eigenvalue weighted by molar-refractivity contribution is 5.76. The Labute approximate surface area is 133 Å². The molecule has 1 heterocycles. The molecule has 1 saturated carbocycles. The van der Waals surface area contributed by atoms with Gasteiger partial charge in [-0.2, -0.15) is 0 Å². The van der Waals surface area contributed by atoms with E-state index in [0.29, 0.717) is 12.0 Å². The van der Waals surface area contributed by atoms with Gasteiger partial charge in [-0.25, -0.2) is 9.37 Å². The average molecular weight is 315 g/mol. The van der Waals surface area contributed by atoms with Gasteiger partial charge in [0.15, 0.2) is 0 Å². The molecule has 1 aliphatic rings. The number of carbonyl (C=O) groups is 1. The van der Waals surface area contributed by atoms with Gasteiger partial charge in [0.2, 0.25) is 5.91 Å². The van der Waals surface area contributed by atoms with E-state index in [2.05, 4.69) is 15.3 Å². The summed E-state index contributed by atoms with van der Waals surface area (Å²) in [5.41, 5.74) is 1.17. The molecule has 1 amide bonds. The maximum Gasteiger partial charge on any atom is 0.250 e. The largest absolute Gasteiger partial charge is 0.353 e. The van der Waals surface area contributed by atoms with E-state index in [1.807, 2.05) is 0 Å². The number of halogens is 1. The predicted molar refractivity (Wildman–Crippen MR) is 83.5 cm³/mol. The fourth-order valence-corrected chi connectivity index (χ4v) is 2.83. The summed E-state index contributed by atoms with van der Waals surface area (Å²) in [6.45, 7) is 0. The zero-order valence-corrected chi connectivity index (χ0v) is 12.6. The molecular weight excluding hydrogens is 297 g/mol. The summed E-state index contributed by atoms with van der Waals surface area (Å²) in [5, 5.41) is 2.95. The number of hydrogen-bond donors (Lipinski definition) is 2. The third-order valence-electron chi connectivity index (χ3n) is 4.20. The predicted octanol–water partition coefficient (Wildman–Crippen LogP) is 1.90. The number of H-pyrrole nitrogens is 1. The molecule has 2 N–H and O–H groups in total. The SMILES string of the molecule is O=C(CCc1ccccc1F)NC1CC(c2cc(=O)[nH]cn2)C1. The van der Waals surface area contributed by atoms with Crippen molar-refractivity contribution in [1.82, 2.24) is 15.3 Å². The first-order valence-corrected chi connectivity index (χ1v) is 7.69. The van der Waals surface area contributed by atoms with Crippen molar-refractivity contribution in [2.24, 2.45) is 0 Å². The van der Waals surface area contributed by atoms with E-state index < -0.39 is 0 Å². The Hall–Kier alpha value is -2.50. The summed E-state index contributed by atoms with van der Waals surface area (Å²) in [6.07, 6.45) is 3.62. The number of nitrogens with zero attached hydrogens (tertiary/aromatic N) is 1. The molecule has 6 heteroatoms. The van der Waals surface area contributed by atoms with E-state index in [0.717, 1.165) is 18.5 Å². The quantitative estimate of drug-likeness (QED) is 0.885. The van der Waals surface area contributed by atoms with Gasteiger partial charge in [-0.15, -0.1) is 0 Å². The molecule has 1 aliphatic carbocycles. The Bertz CT molecular complexity index is 753. The monoisotopic (exact) mass is 315 g/mol. The van der Waals surface area contributed by atoms with Gasteiger partial charge in [0.1, 0.15) is 5.82 Å². The lowest BCUT2D eigenvalue weighted by molar-refractivity contribution is -0.122. The van der Waals surface area contributed by atoms with Gasteiger partial charge in [0.05, 0.1) is 12.0 Å². The smallest absolute Gasteiger partial charge is 0.250 e. The molecule has 2 aromatic rings. The summed E-state index contributed by atoms with van der Waals surface area (Å²) in [4.78, 5) is 29.8. The fourth-order valence-electron chi connectivity index (χ4n) is 2.83. The number of benzene rings is 1. The first-order chi connectivity index (χ1) is 11.1. The molecular formula is C17H18FN3O2. The van der Waals surface area contributed by atoms with Crippen LogP contribution in [0.15, 0.2) is 41.5 Å². The van der Waals surface area contributed by atoms with Crippen molar-refractivity contribution in [3.05, 3.63) is 64.1 Å². The molecule has 0 aliphatic heterocycles. The summed E-state index contributed by atoms with van der Waals surface area (Å²) < 4.78 is 13.5. The number of aryl methyl sites for hydroxylation is 1.